The van der Waals surface area contributed by atoms with Gasteiger partial charge in [-0.25, -0.2) is 9.48 Å². The third-order valence-electron chi connectivity index (χ3n) is 2.80. The Bertz CT molecular complexity index is 636. The van der Waals surface area contributed by atoms with E-state index in [1.165, 1.54) is 24.5 Å². The lowest BCUT2D eigenvalue weighted by molar-refractivity contribution is 0.0606. The molecule has 0 aliphatic rings. The third-order valence-corrected chi connectivity index (χ3v) is 3.87. The summed E-state index contributed by atoms with van der Waals surface area (Å²) in [7, 11) is 3.17. The molecule has 0 saturated heterocycles. The number of rotatable bonds is 3. The molecular formula is C12H14N2O3S. The van der Waals surface area contributed by atoms with E-state index in [2.05, 4.69) is 4.74 Å². The number of carbonyl (C=O) groups excluding carboxylic acids is 1. The fraction of sp³-hybridized carbons (Fsp3) is 0.333. The predicted molar refractivity (Wildman–Crippen MR) is 69.2 cm³/mol. The van der Waals surface area contributed by atoms with Crippen LogP contribution in [0.3, 0.4) is 0 Å². The molecule has 0 atom stereocenters. The monoisotopic (exact) mass is 266 g/mol. The maximum absolute atomic E-state index is 11.6. The first-order chi connectivity index (χ1) is 8.52. The van der Waals surface area contributed by atoms with Crippen LogP contribution in [0.2, 0.25) is 0 Å². The normalized spacial score (nSPS) is 10.6. The number of hydrogen-bond acceptors (Lipinski definition) is 4. The van der Waals surface area contributed by atoms with Gasteiger partial charge in [0.25, 0.3) is 5.56 Å². The van der Waals surface area contributed by atoms with E-state index in [0.717, 1.165) is 10.4 Å². The Labute approximate surface area is 108 Å². The van der Waals surface area contributed by atoms with Gasteiger partial charge in [-0.1, -0.05) is 0 Å². The fourth-order valence-corrected chi connectivity index (χ4v) is 2.67. The summed E-state index contributed by atoms with van der Waals surface area (Å²) in [5.74, 6) is -0.339. The molecule has 5 nitrogen and oxygen atoms in total. The van der Waals surface area contributed by atoms with E-state index in [1.54, 1.807) is 21.6 Å². The van der Waals surface area contributed by atoms with Crippen molar-refractivity contribution in [2.24, 2.45) is 7.05 Å². The molecule has 2 heterocycles. The summed E-state index contributed by atoms with van der Waals surface area (Å²) in [4.78, 5) is 24.6. The second kappa shape index (κ2) is 4.81. The molecule has 2 aromatic rings. The molecule has 0 aliphatic heterocycles. The molecule has 0 bridgehead atoms. The molecule has 2 rings (SSSR count). The van der Waals surface area contributed by atoms with Crippen LogP contribution in [0, 0.1) is 6.92 Å². The third kappa shape index (κ3) is 2.24. The molecule has 0 N–H and O–H groups in total. The quantitative estimate of drug-likeness (QED) is 0.789. The van der Waals surface area contributed by atoms with Gasteiger partial charge in [0.05, 0.1) is 13.7 Å². The lowest BCUT2D eigenvalue weighted by Gasteiger charge is -2.06. The van der Waals surface area contributed by atoms with Crippen LogP contribution >= 0.6 is 11.3 Å². The minimum Gasteiger partial charge on any atom is -0.465 e. The molecule has 6 heteroatoms. The highest BCUT2D eigenvalue weighted by Crippen LogP contribution is 2.22. The summed E-state index contributed by atoms with van der Waals surface area (Å²) < 4.78 is 8.03. The van der Waals surface area contributed by atoms with Crippen molar-refractivity contribution in [3.8, 4) is 0 Å². The number of methoxy groups -OCH3 is 1. The maximum Gasteiger partial charge on any atom is 0.348 e. The molecule has 0 radical (unpaired) electrons. The second-order valence-corrected chi connectivity index (χ2v) is 5.23. The van der Waals surface area contributed by atoms with Crippen molar-refractivity contribution in [2.45, 2.75) is 13.5 Å². The van der Waals surface area contributed by atoms with Crippen molar-refractivity contribution in [1.82, 2.24) is 9.36 Å². The smallest absolute Gasteiger partial charge is 0.348 e. The van der Waals surface area contributed by atoms with Crippen LogP contribution in [0.4, 0.5) is 0 Å². The van der Waals surface area contributed by atoms with Gasteiger partial charge < -0.3 is 4.74 Å². The number of nitrogens with zero attached hydrogens (tertiary/aromatic N) is 2. The van der Waals surface area contributed by atoms with E-state index in [1.807, 2.05) is 14.0 Å². The SMILES string of the molecule is COC(=O)c1cc(Cn2c(=O)ccn2C)c(C)s1. The highest BCUT2D eigenvalue weighted by Gasteiger charge is 2.13. The van der Waals surface area contributed by atoms with Crippen molar-refractivity contribution < 1.29 is 9.53 Å². The first-order valence-corrected chi connectivity index (χ1v) is 6.24. The topological polar surface area (TPSA) is 53.2 Å². The average molecular weight is 266 g/mol. The van der Waals surface area contributed by atoms with Crippen molar-refractivity contribution >= 4 is 17.3 Å². The molecule has 0 aliphatic carbocycles. The lowest BCUT2D eigenvalue weighted by Crippen LogP contribution is -2.21. The summed E-state index contributed by atoms with van der Waals surface area (Å²) in [6.07, 6.45) is 1.71. The van der Waals surface area contributed by atoms with Gasteiger partial charge in [-0.3, -0.25) is 9.48 Å². The molecule has 2 aromatic heterocycles. The Hall–Kier alpha value is -1.82. The molecule has 18 heavy (non-hydrogen) atoms. The van der Waals surface area contributed by atoms with Gasteiger partial charge in [0, 0.05) is 24.2 Å². The molecule has 0 saturated carbocycles. The largest absolute Gasteiger partial charge is 0.465 e. The zero-order valence-corrected chi connectivity index (χ0v) is 11.3. The Balaban J connectivity index is 2.33. The van der Waals surface area contributed by atoms with E-state index >= 15 is 0 Å². The van der Waals surface area contributed by atoms with E-state index in [-0.39, 0.29) is 11.5 Å². The van der Waals surface area contributed by atoms with Crippen LogP contribution in [0.15, 0.2) is 23.1 Å². The first-order valence-electron chi connectivity index (χ1n) is 5.43. The Kier molecular flexibility index (Phi) is 3.38. The van der Waals surface area contributed by atoms with Crippen LogP contribution in [-0.4, -0.2) is 22.4 Å². The van der Waals surface area contributed by atoms with Crippen LogP contribution in [0.1, 0.15) is 20.1 Å². The van der Waals surface area contributed by atoms with Gasteiger partial charge in [-0.15, -0.1) is 11.3 Å². The van der Waals surface area contributed by atoms with E-state index < -0.39 is 0 Å². The molecule has 0 spiro atoms. The number of esters is 1. The number of aryl methyl sites for hydroxylation is 2. The molecule has 0 aromatic carbocycles. The summed E-state index contributed by atoms with van der Waals surface area (Å²) in [6.45, 7) is 2.39. The summed E-state index contributed by atoms with van der Waals surface area (Å²) >= 11 is 1.38. The van der Waals surface area contributed by atoms with Crippen LogP contribution in [-0.2, 0) is 18.3 Å². The summed E-state index contributed by atoms with van der Waals surface area (Å²) in [5, 5.41) is 0. The summed E-state index contributed by atoms with van der Waals surface area (Å²) in [6, 6.07) is 3.30. The van der Waals surface area contributed by atoms with Crippen LogP contribution in [0.25, 0.3) is 0 Å². The van der Waals surface area contributed by atoms with E-state index in [4.69, 9.17) is 0 Å². The zero-order valence-electron chi connectivity index (χ0n) is 10.5. The predicted octanol–water partition coefficient (Wildman–Crippen LogP) is 1.39. The number of aromatic nitrogens is 2. The second-order valence-electron chi connectivity index (χ2n) is 3.97. The minimum atomic E-state index is -0.339. The Morgan fingerprint density at radius 1 is 1.50 bits per heavy atom. The Morgan fingerprint density at radius 2 is 2.22 bits per heavy atom. The highest BCUT2D eigenvalue weighted by atomic mass is 32.1. The van der Waals surface area contributed by atoms with Gasteiger partial charge in [0.15, 0.2) is 0 Å². The number of carbonyl (C=O) groups is 1. The average Bonchev–Trinajstić information content (AvgIpc) is 2.86. The first kappa shape index (κ1) is 12.6. The van der Waals surface area contributed by atoms with Gasteiger partial charge >= 0.3 is 5.97 Å². The van der Waals surface area contributed by atoms with Crippen molar-refractivity contribution in [1.29, 1.82) is 0 Å². The van der Waals surface area contributed by atoms with Gasteiger partial charge in [-0.2, -0.15) is 0 Å². The van der Waals surface area contributed by atoms with Gasteiger partial charge in [0.2, 0.25) is 0 Å². The molecule has 0 amide bonds. The van der Waals surface area contributed by atoms with Crippen LogP contribution < -0.4 is 5.56 Å². The van der Waals surface area contributed by atoms with Crippen molar-refractivity contribution in [3.63, 3.8) is 0 Å². The van der Waals surface area contributed by atoms with Crippen molar-refractivity contribution in [2.75, 3.05) is 7.11 Å². The Morgan fingerprint density at radius 3 is 2.78 bits per heavy atom. The number of thiophene rings is 1. The summed E-state index contributed by atoms with van der Waals surface area (Å²) in [5.41, 5.74) is 0.909. The standard InChI is InChI=1S/C12H14N2O3S/c1-8-9(6-10(18-8)12(16)17-3)7-14-11(15)4-5-13(14)2/h4-6H,7H2,1-3H3. The van der Waals surface area contributed by atoms with E-state index in [9.17, 15) is 9.59 Å². The van der Waals surface area contributed by atoms with Crippen molar-refractivity contribution in [3.05, 3.63) is 44.0 Å². The molecule has 96 valence electrons. The number of ether oxygens (including phenoxy) is 1. The number of hydrogen-bond donors (Lipinski definition) is 0. The maximum atomic E-state index is 11.6. The minimum absolute atomic E-state index is 0.0530. The zero-order chi connectivity index (χ0) is 13.3. The van der Waals surface area contributed by atoms with Gasteiger partial charge in [0.1, 0.15) is 4.88 Å². The fourth-order valence-electron chi connectivity index (χ4n) is 1.72. The van der Waals surface area contributed by atoms with Crippen LogP contribution in [0.5, 0.6) is 0 Å². The lowest BCUT2D eigenvalue weighted by atomic mass is 10.2. The molecule has 0 fully saturated rings. The molecule has 0 unspecified atom stereocenters. The molecular weight excluding hydrogens is 252 g/mol. The highest BCUT2D eigenvalue weighted by molar-refractivity contribution is 7.14. The van der Waals surface area contributed by atoms with Gasteiger partial charge in [-0.05, 0) is 18.6 Å². The van der Waals surface area contributed by atoms with E-state index in [0.29, 0.717) is 11.4 Å².